The monoisotopic (exact) mass is 508 g/mol. The maximum absolute atomic E-state index is 13.0. The van der Waals surface area contributed by atoms with E-state index in [0.717, 1.165) is 0 Å². The van der Waals surface area contributed by atoms with Gasteiger partial charge in [0.1, 0.15) is 17.4 Å². The fourth-order valence-electron chi connectivity index (χ4n) is 4.21. The summed E-state index contributed by atoms with van der Waals surface area (Å²) in [7, 11) is 1.54. The minimum absolute atomic E-state index is 0.0892. The lowest BCUT2D eigenvalue weighted by Crippen LogP contribution is -2.41. The minimum atomic E-state index is -0.952. The third-order valence-electron chi connectivity index (χ3n) is 6.28. The van der Waals surface area contributed by atoms with Crippen molar-refractivity contribution in [1.82, 2.24) is 10.6 Å². The fourth-order valence-corrected chi connectivity index (χ4v) is 4.21. The molecule has 0 aliphatic heterocycles. The van der Waals surface area contributed by atoms with Crippen molar-refractivity contribution in [2.75, 3.05) is 13.7 Å². The van der Waals surface area contributed by atoms with Gasteiger partial charge in [0.25, 0.3) is 0 Å². The van der Waals surface area contributed by atoms with Gasteiger partial charge in [-0.2, -0.15) is 0 Å². The first kappa shape index (κ1) is 27.4. The zero-order chi connectivity index (χ0) is 26.9. The average molecular weight is 509 g/mol. The second-order valence-electron chi connectivity index (χ2n) is 8.85. The van der Waals surface area contributed by atoms with Crippen LogP contribution in [0.15, 0.2) is 51.7 Å². The molecular weight excluding hydrogens is 476 g/mol. The third-order valence-corrected chi connectivity index (χ3v) is 6.28. The lowest BCUT2D eigenvalue weighted by molar-refractivity contribution is -0.137. The molecule has 0 spiro atoms. The van der Waals surface area contributed by atoms with Gasteiger partial charge in [-0.1, -0.05) is 36.8 Å². The van der Waals surface area contributed by atoms with Crippen LogP contribution in [0.4, 0.5) is 0 Å². The number of aliphatic carboxylic acids is 1. The van der Waals surface area contributed by atoms with Crippen molar-refractivity contribution in [2.45, 2.75) is 52.0 Å². The van der Waals surface area contributed by atoms with Gasteiger partial charge in [-0.25, -0.2) is 4.79 Å². The smallest absolute Gasteiger partial charge is 0.340 e. The number of hydrogen-bond donors (Lipinski definition) is 3. The van der Waals surface area contributed by atoms with Crippen LogP contribution in [-0.2, 0) is 20.8 Å². The number of nitrogens with one attached hydrogen (secondary N) is 2. The number of carboxylic acid groups (broad SMARTS) is 1. The summed E-state index contributed by atoms with van der Waals surface area (Å²) in [6.45, 7) is 3.92. The average Bonchev–Trinajstić information content (AvgIpc) is 2.88. The molecule has 1 heterocycles. The Hall–Kier alpha value is -4.14. The van der Waals surface area contributed by atoms with Gasteiger partial charge in [-0.3, -0.25) is 14.4 Å². The molecule has 37 heavy (non-hydrogen) atoms. The van der Waals surface area contributed by atoms with Crippen molar-refractivity contribution in [3.63, 3.8) is 0 Å². The molecule has 0 bridgehead atoms. The van der Waals surface area contributed by atoms with E-state index in [-0.39, 0.29) is 24.3 Å². The van der Waals surface area contributed by atoms with Crippen molar-refractivity contribution >= 4 is 28.8 Å². The van der Waals surface area contributed by atoms with Crippen molar-refractivity contribution < 1.29 is 28.6 Å². The number of amides is 2. The maximum atomic E-state index is 13.0. The molecule has 0 saturated heterocycles. The van der Waals surface area contributed by atoms with Crippen LogP contribution < -0.4 is 21.0 Å². The van der Waals surface area contributed by atoms with E-state index < -0.39 is 23.5 Å². The van der Waals surface area contributed by atoms with Crippen molar-refractivity contribution in [2.24, 2.45) is 0 Å². The standard InChI is InChI=1S/C28H32N2O7/c1-17-20-13-14-22(36-3)18(2)26(20)37-28(35)21(17)16-23(31)30-25(19-10-6-4-7-11-19)27(34)29-15-9-5-8-12-24(32)33/h4,6-7,10-11,13-14,25H,5,8-9,12,15-16H2,1-3H3,(H,29,34)(H,30,31)(H,32,33). The summed E-state index contributed by atoms with van der Waals surface area (Å²) in [5.74, 6) is -1.13. The van der Waals surface area contributed by atoms with Gasteiger partial charge in [-0.05, 0) is 49.9 Å². The molecule has 9 heteroatoms. The molecule has 3 rings (SSSR count). The molecule has 0 fully saturated rings. The Kier molecular flexibility index (Phi) is 9.43. The van der Waals surface area contributed by atoms with Crippen molar-refractivity contribution in [3.05, 3.63) is 75.1 Å². The largest absolute Gasteiger partial charge is 0.496 e. The summed E-state index contributed by atoms with van der Waals surface area (Å²) in [5, 5.41) is 15.0. The highest BCUT2D eigenvalue weighted by molar-refractivity contribution is 5.91. The van der Waals surface area contributed by atoms with E-state index in [1.807, 2.05) is 6.07 Å². The van der Waals surface area contributed by atoms with Gasteiger partial charge in [0.2, 0.25) is 11.8 Å². The highest BCUT2D eigenvalue weighted by Gasteiger charge is 2.24. The molecule has 0 radical (unpaired) electrons. The Balaban J connectivity index is 1.74. The number of ether oxygens (including phenoxy) is 1. The van der Waals surface area contributed by atoms with Crippen molar-refractivity contribution in [3.8, 4) is 5.75 Å². The van der Waals surface area contributed by atoms with Gasteiger partial charge >= 0.3 is 11.6 Å². The molecule has 1 aromatic heterocycles. The minimum Gasteiger partial charge on any atom is -0.496 e. The molecule has 0 aliphatic carbocycles. The van der Waals surface area contributed by atoms with Crippen LogP contribution in [0, 0.1) is 13.8 Å². The lowest BCUT2D eigenvalue weighted by Gasteiger charge is -2.19. The van der Waals surface area contributed by atoms with E-state index in [0.29, 0.717) is 59.2 Å². The topological polar surface area (TPSA) is 135 Å². The van der Waals surface area contributed by atoms with Gasteiger partial charge in [0.05, 0.1) is 19.1 Å². The van der Waals surface area contributed by atoms with E-state index in [1.54, 1.807) is 50.2 Å². The number of carbonyl (C=O) groups is 3. The molecule has 9 nitrogen and oxygen atoms in total. The fraction of sp³-hybridized carbons (Fsp3) is 0.357. The Labute approximate surface area is 214 Å². The van der Waals surface area contributed by atoms with Crippen LogP contribution >= 0.6 is 0 Å². The van der Waals surface area contributed by atoms with E-state index in [9.17, 15) is 19.2 Å². The zero-order valence-electron chi connectivity index (χ0n) is 21.3. The number of aryl methyl sites for hydroxylation is 2. The van der Waals surface area contributed by atoms with Crippen LogP contribution in [0.3, 0.4) is 0 Å². The molecule has 1 atom stereocenters. The molecular formula is C28H32N2O7. The van der Waals surface area contributed by atoms with Crippen LogP contribution in [0.5, 0.6) is 5.75 Å². The highest BCUT2D eigenvalue weighted by atomic mass is 16.5. The van der Waals surface area contributed by atoms with Crippen LogP contribution in [-0.4, -0.2) is 36.5 Å². The summed E-state index contributed by atoms with van der Waals surface area (Å²) >= 11 is 0. The molecule has 0 aliphatic rings. The first-order valence-corrected chi connectivity index (χ1v) is 12.2. The SMILES string of the molecule is COc1ccc2c(C)c(CC(=O)NC(C(=O)NCCCCCC(=O)O)c3ccccc3)c(=O)oc2c1C. The summed E-state index contributed by atoms with van der Waals surface area (Å²) in [6, 6.07) is 11.4. The predicted octanol–water partition coefficient (Wildman–Crippen LogP) is 3.58. The van der Waals surface area contributed by atoms with E-state index >= 15 is 0 Å². The number of methoxy groups -OCH3 is 1. The number of carbonyl (C=O) groups excluding carboxylic acids is 2. The molecule has 2 amide bonds. The van der Waals surface area contributed by atoms with Gasteiger partial charge < -0.3 is 24.9 Å². The summed E-state index contributed by atoms with van der Waals surface area (Å²) in [4.78, 5) is 49.4. The van der Waals surface area contributed by atoms with Crippen molar-refractivity contribution in [1.29, 1.82) is 0 Å². The van der Waals surface area contributed by atoms with E-state index in [4.69, 9.17) is 14.3 Å². The number of carboxylic acids is 1. The summed E-state index contributed by atoms with van der Waals surface area (Å²) in [6.07, 6.45) is 1.66. The molecule has 3 aromatic rings. The third kappa shape index (κ3) is 6.97. The molecule has 2 aromatic carbocycles. The Morgan fingerprint density at radius 1 is 1.00 bits per heavy atom. The number of benzene rings is 2. The Morgan fingerprint density at radius 3 is 2.41 bits per heavy atom. The molecule has 1 unspecified atom stereocenters. The van der Waals surface area contributed by atoms with Gasteiger partial charge in [-0.15, -0.1) is 0 Å². The second kappa shape index (κ2) is 12.7. The Bertz CT molecular complexity index is 1330. The second-order valence-corrected chi connectivity index (χ2v) is 8.85. The molecule has 196 valence electrons. The summed E-state index contributed by atoms with van der Waals surface area (Å²) in [5.41, 5.74) is 1.95. The Morgan fingerprint density at radius 2 is 1.73 bits per heavy atom. The number of rotatable bonds is 12. The number of hydrogen-bond acceptors (Lipinski definition) is 6. The molecule has 3 N–H and O–H groups in total. The first-order chi connectivity index (χ1) is 17.7. The number of unbranched alkanes of at least 4 members (excludes halogenated alkanes) is 2. The van der Waals surface area contributed by atoms with Gasteiger partial charge in [0, 0.05) is 23.9 Å². The van der Waals surface area contributed by atoms with Crippen LogP contribution in [0.25, 0.3) is 11.0 Å². The maximum Gasteiger partial charge on any atom is 0.340 e. The zero-order valence-corrected chi connectivity index (χ0v) is 21.3. The van der Waals surface area contributed by atoms with Gasteiger partial charge in [0.15, 0.2) is 0 Å². The highest BCUT2D eigenvalue weighted by Crippen LogP contribution is 2.29. The predicted molar refractivity (Wildman–Crippen MR) is 139 cm³/mol. The molecule has 0 saturated carbocycles. The van der Waals surface area contributed by atoms with Crippen LogP contribution in [0.1, 0.15) is 54.0 Å². The summed E-state index contributed by atoms with van der Waals surface area (Å²) < 4.78 is 10.9. The van der Waals surface area contributed by atoms with E-state index in [2.05, 4.69) is 10.6 Å². The normalized spacial score (nSPS) is 11.6. The number of fused-ring (bicyclic) bond motifs is 1. The lowest BCUT2D eigenvalue weighted by atomic mass is 10.0. The first-order valence-electron chi connectivity index (χ1n) is 12.2. The van der Waals surface area contributed by atoms with Crippen LogP contribution in [0.2, 0.25) is 0 Å². The quantitative estimate of drug-likeness (QED) is 0.251. The van der Waals surface area contributed by atoms with E-state index in [1.165, 1.54) is 7.11 Å².